The lowest BCUT2D eigenvalue weighted by Crippen LogP contribution is -2.31. The van der Waals surface area contributed by atoms with Gasteiger partial charge in [0, 0.05) is 40.7 Å². The number of thioether (sulfide) groups is 1. The standard InChI is InChI=1S/C15H15ClFN3O3S2.C14H12ClNO4S/c1-23-13(21)8-24-12-7-11(10(17)6-9(12)16)18-14-19-4-2-3-5-20(19)15(22)25-14;1-21(18,19)12-6-9(15)4-5-10(12)13(17)11-7-16-20-14(11)8-2-3-8/h6-7H,2-5,8H2,1H3;4-8H,2-3H2,1H3. The molecule has 0 amide bonds. The number of fused-ring (bicyclic) bond motifs is 1. The highest BCUT2D eigenvalue weighted by atomic mass is 35.5. The third-order valence-corrected chi connectivity index (χ3v) is 10.8. The van der Waals surface area contributed by atoms with Gasteiger partial charge in [-0.1, -0.05) is 28.4 Å². The molecule has 17 heteroatoms. The molecule has 1 saturated carbocycles. The van der Waals surface area contributed by atoms with Gasteiger partial charge in [0.1, 0.15) is 11.5 Å². The van der Waals surface area contributed by atoms with Crippen LogP contribution < -0.4 is 9.67 Å². The molecule has 0 unspecified atom stereocenters. The number of nitrogens with zero attached hydrogens (tertiary/aromatic N) is 4. The molecule has 1 fully saturated rings. The largest absolute Gasteiger partial charge is 0.468 e. The number of methoxy groups -OCH3 is 1. The van der Waals surface area contributed by atoms with Crippen molar-refractivity contribution in [2.75, 3.05) is 19.1 Å². The van der Waals surface area contributed by atoms with E-state index in [1.165, 1.54) is 37.6 Å². The molecule has 2 aliphatic rings. The number of carbonyl (C=O) groups is 2. The Hall–Kier alpha value is -3.24. The summed E-state index contributed by atoms with van der Waals surface area (Å²) in [7, 11) is -2.27. The summed E-state index contributed by atoms with van der Waals surface area (Å²) in [6.45, 7) is 1.32. The summed E-state index contributed by atoms with van der Waals surface area (Å²) in [6, 6.07) is 6.85. The predicted octanol–water partition coefficient (Wildman–Crippen LogP) is 5.64. The van der Waals surface area contributed by atoms with E-state index >= 15 is 0 Å². The third kappa shape index (κ3) is 7.82. The van der Waals surface area contributed by atoms with Crippen LogP contribution in [0.4, 0.5) is 10.1 Å². The van der Waals surface area contributed by atoms with Crippen LogP contribution in [0.25, 0.3) is 0 Å². The number of rotatable bonds is 8. The SMILES string of the molecule is COC(=O)CSc1cc(N=c2sc(=O)n3n2CCCC3)c(F)cc1Cl.CS(=O)(=O)c1cc(Cl)ccc1C(=O)c1cnoc1C1CC1. The number of ether oxygens (including phenoxy) is 1. The van der Waals surface area contributed by atoms with E-state index in [9.17, 15) is 27.2 Å². The fraction of sp³-hybridized carbons (Fsp3) is 0.345. The van der Waals surface area contributed by atoms with E-state index in [-0.39, 0.29) is 42.7 Å². The van der Waals surface area contributed by atoms with Gasteiger partial charge < -0.3 is 9.26 Å². The van der Waals surface area contributed by atoms with Gasteiger partial charge in [-0.05, 0) is 67.4 Å². The lowest BCUT2D eigenvalue weighted by Gasteiger charge is -2.15. The minimum atomic E-state index is -3.57. The topological polar surface area (TPSA) is 143 Å². The van der Waals surface area contributed by atoms with Crippen LogP contribution in [0.15, 0.2) is 60.6 Å². The molecular formula is C29H27Cl2FN4O7S3. The molecule has 0 spiro atoms. The lowest BCUT2D eigenvalue weighted by molar-refractivity contribution is -0.137. The minimum Gasteiger partial charge on any atom is -0.468 e. The maximum absolute atomic E-state index is 14.3. The summed E-state index contributed by atoms with van der Waals surface area (Å²) < 4.78 is 51.1. The van der Waals surface area contributed by atoms with Crippen molar-refractivity contribution in [3.05, 3.63) is 83.7 Å². The smallest absolute Gasteiger partial charge is 0.325 e. The second-order valence-electron chi connectivity index (χ2n) is 10.4. The van der Waals surface area contributed by atoms with Crippen LogP contribution in [0.1, 0.15) is 53.3 Å². The first-order chi connectivity index (χ1) is 21.9. The van der Waals surface area contributed by atoms with Crippen molar-refractivity contribution >= 4 is 73.6 Å². The molecule has 46 heavy (non-hydrogen) atoms. The number of esters is 1. The second-order valence-corrected chi connectivity index (χ2v) is 15.2. The van der Waals surface area contributed by atoms with Gasteiger partial charge in [0.2, 0.25) is 4.80 Å². The third-order valence-electron chi connectivity index (χ3n) is 7.06. The zero-order valence-corrected chi connectivity index (χ0v) is 28.5. The zero-order valence-electron chi connectivity index (χ0n) is 24.5. The van der Waals surface area contributed by atoms with E-state index in [1.54, 1.807) is 9.36 Å². The molecule has 6 rings (SSSR count). The summed E-state index contributed by atoms with van der Waals surface area (Å²) in [5, 5.41) is 4.13. The molecule has 2 aromatic carbocycles. The fourth-order valence-electron chi connectivity index (χ4n) is 4.63. The van der Waals surface area contributed by atoms with Crippen molar-refractivity contribution in [3.63, 3.8) is 0 Å². The molecule has 0 radical (unpaired) electrons. The maximum Gasteiger partial charge on any atom is 0.325 e. The van der Waals surface area contributed by atoms with Gasteiger partial charge in [-0.2, -0.15) is 0 Å². The zero-order chi connectivity index (χ0) is 33.2. The number of hydrogen-bond acceptors (Lipinski definition) is 11. The number of ketones is 1. The molecule has 11 nitrogen and oxygen atoms in total. The van der Waals surface area contributed by atoms with Crippen molar-refractivity contribution in [2.24, 2.45) is 4.99 Å². The van der Waals surface area contributed by atoms with E-state index < -0.39 is 27.4 Å². The summed E-state index contributed by atoms with van der Waals surface area (Å²) in [5.41, 5.74) is 0.496. The summed E-state index contributed by atoms with van der Waals surface area (Å²) >= 11 is 14.0. The van der Waals surface area contributed by atoms with Crippen LogP contribution in [0.2, 0.25) is 10.0 Å². The van der Waals surface area contributed by atoms with Crippen LogP contribution in [-0.2, 0) is 32.5 Å². The molecular weight excluding hydrogens is 702 g/mol. The molecule has 3 heterocycles. The van der Waals surface area contributed by atoms with Crippen LogP contribution >= 0.6 is 46.3 Å². The quantitative estimate of drug-likeness (QED) is 0.128. The number of halogens is 3. The van der Waals surface area contributed by atoms with Gasteiger partial charge in [-0.25, -0.2) is 22.5 Å². The molecule has 4 aromatic rings. The molecule has 0 atom stereocenters. The molecule has 1 aliphatic heterocycles. The Bertz CT molecular complexity index is 2050. The van der Waals surface area contributed by atoms with Crippen molar-refractivity contribution < 1.29 is 31.7 Å². The minimum absolute atomic E-state index is 0.0605. The number of carbonyl (C=O) groups excluding carboxylic acids is 2. The van der Waals surface area contributed by atoms with E-state index in [4.69, 9.17) is 27.7 Å². The summed E-state index contributed by atoms with van der Waals surface area (Å²) in [6.07, 6.45) is 6.19. The van der Waals surface area contributed by atoms with Crippen molar-refractivity contribution in [2.45, 2.75) is 54.5 Å². The highest BCUT2D eigenvalue weighted by Crippen LogP contribution is 2.42. The van der Waals surface area contributed by atoms with Gasteiger partial charge >= 0.3 is 10.8 Å². The van der Waals surface area contributed by atoms with Gasteiger partial charge in [-0.3, -0.25) is 19.1 Å². The Morgan fingerprint density at radius 3 is 2.54 bits per heavy atom. The van der Waals surface area contributed by atoms with Crippen LogP contribution in [-0.4, -0.2) is 53.8 Å². The van der Waals surface area contributed by atoms with Crippen LogP contribution in [0.5, 0.6) is 0 Å². The molecule has 2 aromatic heterocycles. The van der Waals surface area contributed by atoms with Crippen molar-refractivity contribution in [1.29, 1.82) is 0 Å². The number of sulfone groups is 1. The number of benzene rings is 2. The normalized spacial score (nSPS) is 14.8. The second kappa shape index (κ2) is 14.3. The average molecular weight is 730 g/mol. The Kier molecular flexibility index (Phi) is 10.6. The van der Waals surface area contributed by atoms with Crippen molar-refractivity contribution in [1.82, 2.24) is 14.5 Å². The Morgan fingerprint density at radius 1 is 1.15 bits per heavy atom. The Morgan fingerprint density at radius 2 is 1.87 bits per heavy atom. The first kappa shape index (κ1) is 34.1. The van der Waals surface area contributed by atoms with E-state index in [2.05, 4.69) is 14.9 Å². The number of hydrogen-bond donors (Lipinski definition) is 0. The lowest BCUT2D eigenvalue weighted by atomic mass is 10.0. The molecule has 0 saturated heterocycles. The van der Waals surface area contributed by atoms with Crippen LogP contribution in [0, 0.1) is 5.82 Å². The first-order valence-electron chi connectivity index (χ1n) is 13.9. The first-order valence-corrected chi connectivity index (χ1v) is 18.3. The monoisotopic (exact) mass is 728 g/mol. The van der Waals surface area contributed by atoms with E-state index in [1.807, 2.05) is 0 Å². The Labute approximate surface area is 280 Å². The summed E-state index contributed by atoms with van der Waals surface area (Å²) in [4.78, 5) is 41.0. The van der Waals surface area contributed by atoms with Gasteiger partial charge in [0.05, 0.1) is 34.5 Å². The fourth-order valence-corrected chi connectivity index (χ4v) is 7.75. The maximum atomic E-state index is 14.3. The molecule has 0 bridgehead atoms. The number of aromatic nitrogens is 3. The van der Waals surface area contributed by atoms with Crippen LogP contribution in [0.3, 0.4) is 0 Å². The van der Waals surface area contributed by atoms with Gasteiger partial charge in [0.25, 0.3) is 0 Å². The summed E-state index contributed by atoms with van der Waals surface area (Å²) in [5.74, 6) is -0.585. The Balaban J connectivity index is 0.000000184. The van der Waals surface area contributed by atoms with E-state index in [0.29, 0.717) is 34.1 Å². The average Bonchev–Trinajstić information content (AvgIpc) is 3.66. The highest BCUT2D eigenvalue weighted by Gasteiger charge is 2.33. The molecule has 244 valence electrons. The molecule has 0 N–H and O–H groups in total. The van der Waals surface area contributed by atoms with Crippen molar-refractivity contribution in [3.8, 4) is 0 Å². The van der Waals surface area contributed by atoms with Gasteiger partial charge in [-0.15, -0.1) is 11.8 Å². The highest BCUT2D eigenvalue weighted by molar-refractivity contribution is 8.00. The van der Waals surface area contributed by atoms with Gasteiger partial charge in [0.15, 0.2) is 21.4 Å². The molecule has 1 aliphatic carbocycles. The van der Waals surface area contributed by atoms with E-state index in [0.717, 1.165) is 61.1 Å². The predicted molar refractivity (Wildman–Crippen MR) is 172 cm³/mol.